The molecule has 0 aromatic heterocycles. The van der Waals surface area contributed by atoms with Crippen LogP contribution in [0.1, 0.15) is 24.1 Å². The third kappa shape index (κ3) is 4.68. The monoisotopic (exact) mass is 389 g/mol. The number of hydrogen-bond acceptors (Lipinski definition) is 1. The molecule has 0 aliphatic heterocycles. The topological polar surface area (TPSA) is 12.0 Å². The van der Waals surface area contributed by atoms with Crippen LogP contribution in [0, 0.1) is 5.82 Å². The summed E-state index contributed by atoms with van der Waals surface area (Å²) in [7, 11) is 0. The highest BCUT2D eigenvalue weighted by molar-refractivity contribution is 9.10. The van der Waals surface area contributed by atoms with E-state index in [9.17, 15) is 4.39 Å². The summed E-state index contributed by atoms with van der Waals surface area (Å²) in [5.74, 6) is -0.253. The molecule has 0 heterocycles. The van der Waals surface area contributed by atoms with Crippen molar-refractivity contribution in [3.05, 3.63) is 67.9 Å². The van der Waals surface area contributed by atoms with Crippen LogP contribution in [0.25, 0.3) is 0 Å². The molecular formula is C16H15BrCl2FN. The van der Waals surface area contributed by atoms with E-state index in [0.717, 1.165) is 22.1 Å². The highest BCUT2D eigenvalue weighted by Crippen LogP contribution is 2.27. The van der Waals surface area contributed by atoms with E-state index < -0.39 is 0 Å². The lowest BCUT2D eigenvalue weighted by Gasteiger charge is -2.19. The SMILES string of the molecule is CCNC(Cc1ccc(Cl)c(Cl)c1)c1cc(F)cc(Br)c1. The van der Waals surface area contributed by atoms with Gasteiger partial charge >= 0.3 is 0 Å². The van der Waals surface area contributed by atoms with Gasteiger partial charge < -0.3 is 5.32 Å². The van der Waals surface area contributed by atoms with Crippen molar-refractivity contribution < 1.29 is 4.39 Å². The number of benzene rings is 2. The van der Waals surface area contributed by atoms with Gasteiger partial charge in [-0.1, -0.05) is 52.1 Å². The predicted octanol–water partition coefficient (Wildman–Crippen LogP) is 5.79. The molecule has 0 bridgehead atoms. The fourth-order valence-corrected chi connectivity index (χ4v) is 3.04. The first-order valence-corrected chi connectivity index (χ1v) is 8.17. The molecule has 2 rings (SSSR count). The Bertz CT molecular complexity index is 613. The van der Waals surface area contributed by atoms with E-state index in [2.05, 4.69) is 21.2 Å². The summed E-state index contributed by atoms with van der Waals surface area (Å²) in [6.07, 6.45) is 0.709. The van der Waals surface area contributed by atoms with E-state index in [1.165, 1.54) is 6.07 Å². The lowest BCUT2D eigenvalue weighted by molar-refractivity contribution is 0.542. The minimum Gasteiger partial charge on any atom is -0.310 e. The molecule has 0 amide bonds. The van der Waals surface area contributed by atoms with E-state index in [1.54, 1.807) is 12.1 Å². The molecule has 5 heteroatoms. The summed E-state index contributed by atoms with van der Waals surface area (Å²) in [5.41, 5.74) is 1.95. The average molecular weight is 391 g/mol. The van der Waals surface area contributed by atoms with Crippen LogP contribution < -0.4 is 5.32 Å². The van der Waals surface area contributed by atoms with Gasteiger partial charge in [0, 0.05) is 10.5 Å². The van der Waals surface area contributed by atoms with Crippen molar-refractivity contribution in [3.8, 4) is 0 Å². The number of nitrogens with one attached hydrogen (secondary N) is 1. The van der Waals surface area contributed by atoms with Gasteiger partial charge in [-0.3, -0.25) is 0 Å². The van der Waals surface area contributed by atoms with E-state index in [0.29, 0.717) is 16.5 Å². The van der Waals surface area contributed by atoms with Gasteiger partial charge in [0.1, 0.15) is 5.82 Å². The fourth-order valence-electron chi connectivity index (χ4n) is 2.23. The van der Waals surface area contributed by atoms with Gasteiger partial charge in [0.05, 0.1) is 10.0 Å². The maximum atomic E-state index is 13.6. The Labute approximate surface area is 142 Å². The van der Waals surface area contributed by atoms with Crippen molar-refractivity contribution in [2.75, 3.05) is 6.54 Å². The van der Waals surface area contributed by atoms with E-state index in [-0.39, 0.29) is 11.9 Å². The highest BCUT2D eigenvalue weighted by atomic mass is 79.9. The van der Waals surface area contributed by atoms with Crippen molar-refractivity contribution >= 4 is 39.1 Å². The molecule has 0 spiro atoms. The van der Waals surface area contributed by atoms with Crippen LogP contribution in [0.5, 0.6) is 0 Å². The number of rotatable bonds is 5. The molecule has 0 saturated carbocycles. The minimum atomic E-state index is -0.253. The maximum absolute atomic E-state index is 13.6. The molecule has 0 fully saturated rings. The molecule has 1 nitrogen and oxygen atoms in total. The van der Waals surface area contributed by atoms with E-state index >= 15 is 0 Å². The zero-order valence-electron chi connectivity index (χ0n) is 11.5. The van der Waals surface area contributed by atoms with Crippen LogP contribution in [0.2, 0.25) is 10.0 Å². The number of halogens is 4. The second-order valence-corrected chi connectivity index (χ2v) is 6.50. The van der Waals surface area contributed by atoms with Crippen molar-refractivity contribution in [1.29, 1.82) is 0 Å². The molecule has 0 aliphatic carbocycles. The Morgan fingerprint density at radius 2 is 1.90 bits per heavy atom. The quantitative estimate of drug-likeness (QED) is 0.681. The lowest BCUT2D eigenvalue weighted by atomic mass is 9.98. The molecule has 0 radical (unpaired) electrons. The first kappa shape index (κ1) is 16.8. The van der Waals surface area contributed by atoms with E-state index in [1.807, 2.05) is 25.1 Å². The summed E-state index contributed by atoms with van der Waals surface area (Å²) in [6.45, 7) is 2.82. The molecule has 1 unspecified atom stereocenters. The zero-order valence-corrected chi connectivity index (χ0v) is 14.6. The largest absolute Gasteiger partial charge is 0.310 e. The Balaban J connectivity index is 2.27. The van der Waals surface area contributed by atoms with Crippen molar-refractivity contribution in [2.45, 2.75) is 19.4 Å². The van der Waals surface area contributed by atoms with Gasteiger partial charge in [-0.2, -0.15) is 0 Å². The minimum absolute atomic E-state index is 0.0132. The van der Waals surface area contributed by atoms with Crippen LogP contribution in [-0.2, 0) is 6.42 Å². The summed E-state index contributed by atoms with van der Waals surface area (Å²) in [5, 5.41) is 4.44. The molecule has 0 aliphatic rings. The third-order valence-corrected chi connectivity index (χ3v) is 4.36. The van der Waals surface area contributed by atoms with Crippen LogP contribution in [-0.4, -0.2) is 6.54 Å². The molecule has 1 N–H and O–H groups in total. The molecule has 2 aromatic rings. The summed E-state index contributed by atoms with van der Waals surface area (Å²) in [6, 6.07) is 10.5. The van der Waals surface area contributed by atoms with Crippen molar-refractivity contribution in [3.63, 3.8) is 0 Å². The zero-order chi connectivity index (χ0) is 15.4. The van der Waals surface area contributed by atoms with Gasteiger partial charge in [-0.05, 0) is 54.4 Å². The van der Waals surface area contributed by atoms with Gasteiger partial charge in [0.2, 0.25) is 0 Å². The van der Waals surface area contributed by atoms with Gasteiger partial charge in [0.25, 0.3) is 0 Å². The van der Waals surface area contributed by atoms with Gasteiger partial charge in [0.15, 0.2) is 0 Å². The van der Waals surface area contributed by atoms with Crippen molar-refractivity contribution in [1.82, 2.24) is 5.32 Å². The second-order valence-electron chi connectivity index (χ2n) is 4.77. The van der Waals surface area contributed by atoms with E-state index in [4.69, 9.17) is 23.2 Å². The number of hydrogen-bond donors (Lipinski definition) is 1. The molecule has 21 heavy (non-hydrogen) atoms. The molecule has 0 saturated heterocycles. The Morgan fingerprint density at radius 3 is 2.52 bits per heavy atom. The molecule has 112 valence electrons. The normalized spacial score (nSPS) is 12.4. The van der Waals surface area contributed by atoms with Crippen LogP contribution in [0.15, 0.2) is 40.9 Å². The summed E-state index contributed by atoms with van der Waals surface area (Å²) < 4.78 is 14.3. The summed E-state index contributed by atoms with van der Waals surface area (Å²) in [4.78, 5) is 0. The Kier molecular flexibility index (Phi) is 6.06. The molecular weight excluding hydrogens is 376 g/mol. The first-order valence-electron chi connectivity index (χ1n) is 6.63. The lowest BCUT2D eigenvalue weighted by Crippen LogP contribution is -2.23. The van der Waals surface area contributed by atoms with Gasteiger partial charge in [-0.25, -0.2) is 4.39 Å². The van der Waals surface area contributed by atoms with Crippen LogP contribution in [0.4, 0.5) is 4.39 Å². The second kappa shape index (κ2) is 7.59. The average Bonchev–Trinajstić information content (AvgIpc) is 2.41. The standard InChI is InChI=1S/C16H15BrCl2FN/c1-2-21-16(11-7-12(17)9-13(20)8-11)6-10-3-4-14(18)15(19)5-10/h3-5,7-9,16,21H,2,6H2,1H3. The maximum Gasteiger partial charge on any atom is 0.124 e. The molecule has 2 aromatic carbocycles. The predicted molar refractivity (Wildman–Crippen MR) is 90.7 cm³/mol. The first-order chi connectivity index (χ1) is 9.99. The highest BCUT2D eigenvalue weighted by Gasteiger charge is 2.14. The smallest absolute Gasteiger partial charge is 0.124 e. The Hall–Kier alpha value is -0.610. The third-order valence-electron chi connectivity index (χ3n) is 3.16. The summed E-state index contributed by atoms with van der Waals surface area (Å²) >= 11 is 15.3. The van der Waals surface area contributed by atoms with Crippen LogP contribution >= 0.6 is 39.1 Å². The number of likely N-dealkylation sites (N-methyl/N-ethyl adjacent to an activating group) is 1. The Morgan fingerprint density at radius 1 is 1.14 bits per heavy atom. The van der Waals surface area contributed by atoms with Crippen molar-refractivity contribution in [2.24, 2.45) is 0 Å². The van der Waals surface area contributed by atoms with Gasteiger partial charge in [-0.15, -0.1) is 0 Å². The van der Waals surface area contributed by atoms with Crippen LogP contribution in [0.3, 0.4) is 0 Å². The molecule has 1 atom stereocenters. The fraction of sp³-hybridized carbons (Fsp3) is 0.250.